The normalized spacial score (nSPS) is 16.1. The zero-order valence-electron chi connectivity index (χ0n) is 26.2. The highest BCUT2D eigenvalue weighted by Gasteiger charge is 2.37. The largest absolute Gasteiger partial charge is 0.366 e. The fourth-order valence-corrected chi connectivity index (χ4v) is 6.69. The summed E-state index contributed by atoms with van der Waals surface area (Å²) in [6, 6.07) is 12.6. The summed E-state index contributed by atoms with van der Waals surface area (Å²) in [7, 11) is 2.28. The van der Waals surface area contributed by atoms with Gasteiger partial charge in [0.1, 0.15) is 10.7 Å². The molecule has 1 unspecified atom stereocenters. The number of nitrogens with one attached hydrogen (secondary N) is 3. The highest BCUT2D eigenvalue weighted by atomic mass is 32.2. The van der Waals surface area contributed by atoms with Crippen LogP contribution in [0.15, 0.2) is 53.7 Å². The Morgan fingerprint density at radius 1 is 1.02 bits per heavy atom. The number of carbonyl (C=O) groups excluding carboxylic acids is 3. The van der Waals surface area contributed by atoms with Crippen LogP contribution in [0, 0.1) is 5.92 Å². The van der Waals surface area contributed by atoms with E-state index in [1.54, 1.807) is 29.2 Å². The molecule has 7 rings (SSSR count). The second-order valence-electron chi connectivity index (χ2n) is 11.8. The number of fused-ring (bicyclic) bond motifs is 3. The van der Waals surface area contributed by atoms with Crippen molar-refractivity contribution >= 4 is 51.4 Å². The van der Waals surface area contributed by atoms with Crippen LogP contribution in [0.25, 0.3) is 11.1 Å². The number of anilines is 4. The minimum Gasteiger partial charge on any atom is -0.366 e. The monoisotopic (exact) mass is 654 g/mol. The topological polar surface area (TPSA) is 167 Å². The molecular formula is C32H34N10O4S. The summed E-state index contributed by atoms with van der Waals surface area (Å²) in [6.07, 6.45) is 3.57. The van der Waals surface area contributed by atoms with Gasteiger partial charge < -0.3 is 25.8 Å². The molecule has 242 valence electrons. The molecule has 1 saturated carbocycles. The number of para-hydroxylation sites is 1. The van der Waals surface area contributed by atoms with Crippen LogP contribution in [0.4, 0.5) is 22.9 Å². The summed E-state index contributed by atoms with van der Waals surface area (Å²) in [5.74, 6) is 0.00373. The molecule has 2 aliphatic heterocycles. The summed E-state index contributed by atoms with van der Waals surface area (Å²) in [5.41, 5.74) is 5.46. The maximum atomic E-state index is 13.2. The van der Waals surface area contributed by atoms with Gasteiger partial charge in [-0.3, -0.25) is 23.3 Å². The van der Waals surface area contributed by atoms with E-state index in [0.717, 1.165) is 41.0 Å². The first-order valence-corrected chi connectivity index (χ1v) is 16.8. The van der Waals surface area contributed by atoms with E-state index in [9.17, 15) is 18.6 Å². The first-order valence-electron chi connectivity index (χ1n) is 15.5. The van der Waals surface area contributed by atoms with E-state index < -0.39 is 16.7 Å². The van der Waals surface area contributed by atoms with Crippen LogP contribution >= 0.6 is 0 Å². The number of likely N-dealkylation sites (tertiary alicyclic amines) is 1. The smallest absolute Gasteiger partial charge is 0.273 e. The summed E-state index contributed by atoms with van der Waals surface area (Å²) >= 11 is 0. The van der Waals surface area contributed by atoms with E-state index in [-0.39, 0.29) is 35.3 Å². The Morgan fingerprint density at radius 3 is 2.55 bits per heavy atom. The Bertz CT molecular complexity index is 1930. The predicted molar refractivity (Wildman–Crippen MR) is 176 cm³/mol. The molecule has 1 aliphatic carbocycles. The number of pyridine rings is 1. The van der Waals surface area contributed by atoms with Gasteiger partial charge >= 0.3 is 0 Å². The molecule has 5 heterocycles. The number of nitrogens with zero attached hydrogens (tertiary/aromatic N) is 7. The number of hydrogen-bond acceptors (Lipinski definition) is 10. The highest BCUT2D eigenvalue weighted by Crippen LogP contribution is 2.45. The van der Waals surface area contributed by atoms with E-state index >= 15 is 0 Å². The average Bonchev–Trinajstić information content (AvgIpc) is 3.84. The number of amides is 3. The lowest BCUT2D eigenvalue weighted by atomic mass is 9.97. The molecule has 4 aromatic rings. The van der Waals surface area contributed by atoms with Crippen molar-refractivity contribution in [1.82, 2.24) is 35.2 Å². The van der Waals surface area contributed by atoms with Gasteiger partial charge in [0.05, 0.1) is 52.3 Å². The molecule has 0 radical (unpaired) electrons. The fraction of sp³-hybridized carbons (Fsp3) is 0.344. The average molecular weight is 655 g/mol. The van der Waals surface area contributed by atoms with Crippen molar-refractivity contribution < 1.29 is 18.6 Å². The van der Waals surface area contributed by atoms with Crippen LogP contribution < -0.4 is 20.9 Å². The lowest BCUT2D eigenvalue weighted by molar-refractivity contribution is -0.117. The van der Waals surface area contributed by atoms with Gasteiger partial charge in [-0.25, -0.2) is 4.98 Å². The molecule has 0 spiro atoms. The van der Waals surface area contributed by atoms with Crippen LogP contribution in [-0.2, 0) is 22.1 Å². The van der Waals surface area contributed by atoms with Crippen molar-refractivity contribution in [2.24, 2.45) is 5.92 Å². The first-order chi connectivity index (χ1) is 22.7. The van der Waals surface area contributed by atoms with Gasteiger partial charge in [0, 0.05) is 56.0 Å². The fourth-order valence-electron chi connectivity index (χ4n) is 5.96. The molecule has 1 aromatic carbocycles. The molecule has 3 aromatic heterocycles. The molecule has 3 aliphatic rings. The second kappa shape index (κ2) is 12.2. The van der Waals surface area contributed by atoms with Crippen molar-refractivity contribution in [3.05, 3.63) is 65.7 Å². The molecule has 1 atom stereocenters. The molecule has 15 heteroatoms. The molecule has 3 N–H and O–H groups in total. The van der Waals surface area contributed by atoms with Crippen LogP contribution in [0.3, 0.4) is 0 Å². The van der Waals surface area contributed by atoms with E-state index in [1.807, 2.05) is 43.0 Å². The van der Waals surface area contributed by atoms with Crippen molar-refractivity contribution in [2.45, 2.75) is 37.4 Å². The Balaban J connectivity index is 1.12. The van der Waals surface area contributed by atoms with Gasteiger partial charge in [-0.1, -0.05) is 25.1 Å². The molecule has 14 nitrogen and oxygen atoms in total. The summed E-state index contributed by atoms with van der Waals surface area (Å²) in [4.78, 5) is 46.4. The zero-order chi connectivity index (χ0) is 32.8. The third kappa shape index (κ3) is 5.71. The summed E-state index contributed by atoms with van der Waals surface area (Å²) in [5, 5.41) is 22.2. The van der Waals surface area contributed by atoms with E-state index in [0.29, 0.717) is 41.8 Å². The molecule has 47 heavy (non-hydrogen) atoms. The number of rotatable bonds is 9. The molecular weight excluding hydrogens is 620 g/mol. The van der Waals surface area contributed by atoms with Crippen molar-refractivity contribution in [3.63, 3.8) is 0 Å². The van der Waals surface area contributed by atoms with Gasteiger partial charge in [0.25, 0.3) is 11.8 Å². The lowest BCUT2D eigenvalue weighted by Crippen LogP contribution is -2.51. The number of hydrogen-bond donors (Lipinski definition) is 3. The zero-order valence-corrected chi connectivity index (χ0v) is 27.0. The van der Waals surface area contributed by atoms with Crippen molar-refractivity contribution in [1.29, 1.82) is 0 Å². The number of aromatic nitrogens is 5. The molecule has 0 bridgehead atoms. The lowest BCUT2D eigenvalue weighted by Gasteiger charge is -2.40. The molecule has 1 saturated heterocycles. The van der Waals surface area contributed by atoms with E-state index in [4.69, 9.17) is 5.10 Å². The maximum absolute atomic E-state index is 13.2. The Labute approximate surface area is 273 Å². The number of benzene rings is 1. The number of carbonyl (C=O) groups is 3. The van der Waals surface area contributed by atoms with Gasteiger partial charge in [-0.05, 0) is 31.0 Å². The third-order valence-corrected chi connectivity index (χ3v) is 9.85. The standard InChI is InChI=1S/C32H34N10O4S/c1-4-47(46)27-10-6-9-23(36-27)32(45)41-15-19(16-41)42-25-17-40(3)29-20(21(25)14-34-42)7-5-8-22(29)35-24-13-26(37-30(43)18-11-12-18)38-39-28(24)31(44)33-2/h5-10,13-14,18-19H,4,11-12,15-17H2,1-3H3,(H,33,44)(H2,35,37,38,43). The molecule has 3 amide bonds. The van der Waals surface area contributed by atoms with Gasteiger partial charge in [-0.2, -0.15) is 5.10 Å². The summed E-state index contributed by atoms with van der Waals surface area (Å²) in [6.45, 7) is 3.37. The van der Waals surface area contributed by atoms with Gasteiger partial charge in [0.15, 0.2) is 11.5 Å². The van der Waals surface area contributed by atoms with Crippen LogP contribution in [0.1, 0.15) is 52.5 Å². The predicted octanol–water partition coefficient (Wildman–Crippen LogP) is 2.96. The van der Waals surface area contributed by atoms with Crippen molar-refractivity contribution in [3.8, 4) is 11.1 Å². The SMILES string of the molecule is CCS(=O)c1cccc(C(=O)N2CC(n3ncc4c3CN(C)c3c(Nc5cc(NC(=O)C6CC6)nnc5C(=O)NC)cccc3-4)C2)n1. The molecule has 2 fully saturated rings. The Morgan fingerprint density at radius 2 is 1.81 bits per heavy atom. The van der Waals surface area contributed by atoms with E-state index in [2.05, 4.69) is 36.0 Å². The van der Waals surface area contributed by atoms with Gasteiger partial charge in [-0.15, -0.1) is 10.2 Å². The quantitative estimate of drug-likeness (QED) is 0.244. The van der Waals surface area contributed by atoms with Crippen LogP contribution in [0.2, 0.25) is 0 Å². The summed E-state index contributed by atoms with van der Waals surface area (Å²) < 4.78 is 14.2. The van der Waals surface area contributed by atoms with Crippen molar-refractivity contribution in [2.75, 3.05) is 48.5 Å². The van der Waals surface area contributed by atoms with E-state index in [1.165, 1.54) is 7.05 Å². The Kier molecular flexibility index (Phi) is 7.91. The van der Waals surface area contributed by atoms with Crippen LogP contribution in [0.5, 0.6) is 0 Å². The van der Waals surface area contributed by atoms with Gasteiger partial charge in [0.2, 0.25) is 5.91 Å². The van der Waals surface area contributed by atoms with Crippen LogP contribution in [-0.4, -0.2) is 84.7 Å². The Hall–Kier alpha value is -5.18. The highest BCUT2D eigenvalue weighted by molar-refractivity contribution is 7.84. The minimum absolute atomic E-state index is 0.00658. The maximum Gasteiger partial charge on any atom is 0.273 e. The minimum atomic E-state index is -1.23. The second-order valence-corrected chi connectivity index (χ2v) is 13.5. The third-order valence-electron chi connectivity index (χ3n) is 8.63. The first kappa shape index (κ1) is 30.5.